The number of rotatable bonds is 8. The monoisotopic (exact) mass is 284 g/mol. The van der Waals surface area contributed by atoms with E-state index in [0.29, 0.717) is 6.61 Å². The van der Waals surface area contributed by atoms with Crippen LogP contribution in [0.1, 0.15) is 77.6 Å². The lowest BCUT2D eigenvalue weighted by Gasteiger charge is -2.21. The molecule has 0 aromatic rings. The van der Waals surface area contributed by atoms with Gasteiger partial charge in [0, 0.05) is 0 Å². The first-order chi connectivity index (χ1) is 9.74. The van der Waals surface area contributed by atoms with Crippen molar-refractivity contribution >= 4 is 11.9 Å². The third-order valence-electron chi connectivity index (χ3n) is 3.72. The normalized spacial score (nSPS) is 15.8. The molecule has 4 nitrogen and oxygen atoms in total. The summed E-state index contributed by atoms with van der Waals surface area (Å²) in [6.07, 6.45) is 11.7. The van der Waals surface area contributed by atoms with Crippen molar-refractivity contribution < 1.29 is 19.1 Å². The molecule has 116 valence electrons. The lowest BCUT2D eigenvalue weighted by Crippen LogP contribution is -2.27. The average molecular weight is 284 g/mol. The summed E-state index contributed by atoms with van der Waals surface area (Å²) in [5, 5.41) is 0. The molecule has 0 aromatic heterocycles. The fourth-order valence-electron chi connectivity index (χ4n) is 2.49. The minimum absolute atomic E-state index is 0.0853. The van der Waals surface area contributed by atoms with E-state index in [9.17, 15) is 9.59 Å². The van der Waals surface area contributed by atoms with Crippen molar-refractivity contribution in [3.63, 3.8) is 0 Å². The average Bonchev–Trinajstić information content (AvgIpc) is 2.47. The predicted molar refractivity (Wildman–Crippen MR) is 77.3 cm³/mol. The van der Waals surface area contributed by atoms with E-state index in [1.165, 1.54) is 25.7 Å². The minimum atomic E-state index is -0.830. The van der Waals surface area contributed by atoms with E-state index in [0.717, 1.165) is 44.9 Å². The maximum Gasteiger partial charge on any atom is 0.417 e. The van der Waals surface area contributed by atoms with Crippen LogP contribution in [0.2, 0.25) is 0 Å². The molecule has 0 N–H and O–H groups in total. The van der Waals surface area contributed by atoms with Crippen LogP contribution in [0.25, 0.3) is 0 Å². The van der Waals surface area contributed by atoms with Crippen molar-refractivity contribution in [2.75, 3.05) is 6.61 Å². The first-order valence-electron chi connectivity index (χ1n) is 8.11. The predicted octanol–water partition coefficient (Wildman–Crippen LogP) is 3.77. The molecule has 0 unspecified atom stereocenters. The molecule has 0 bridgehead atoms. The number of unbranched alkanes of at least 4 members (excludes halogenated alkanes) is 5. The molecule has 0 saturated heterocycles. The van der Waals surface area contributed by atoms with Crippen molar-refractivity contribution in [1.29, 1.82) is 0 Å². The smallest absolute Gasteiger partial charge is 0.417 e. The third kappa shape index (κ3) is 7.51. The highest BCUT2D eigenvalue weighted by atomic mass is 16.6. The molecular formula is C16H28O4. The van der Waals surface area contributed by atoms with E-state index >= 15 is 0 Å². The number of carbonyl (C=O) groups excluding carboxylic acids is 2. The van der Waals surface area contributed by atoms with Crippen molar-refractivity contribution in [3.05, 3.63) is 0 Å². The van der Waals surface area contributed by atoms with E-state index in [1.54, 1.807) is 0 Å². The molecule has 4 heteroatoms. The first-order valence-corrected chi connectivity index (χ1v) is 8.11. The standard InChI is InChI=1S/C16H28O4/c1-2-3-4-5-6-10-13-19-15(17)16(18)20-14-11-8-7-9-12-14/h14H,2-13H2,1H3. The molecule has 0 spiro atoms. The summed E-state index contributed by atoms with van der Waals surface area (Å²) in [6.45, 7) is 2.50. The van der Waals surface area contributed by atoms with Gasteiger partial charge in [0.2, 0.25) is 0 Å². The van der Waals surface area contributed by atoms with Gasteiger partial charge in [0.25, 0.3) is 0 Å². The molecular weight excluding hydrogens is 256 g/mol. The SMILES string of the molecule is CCCCCCCCOC(=O)C(=O)OC1CCCCC1. The summed E-state index contributed by atoms with van der Waals surface area (Å²) < 4.78 is 10.1. The molecule has 1 fully saturated rings. The fraction of sp³-hybridized carbons (Fsp3) is 0.875. The van der Waals surface area contributed by atoms with E-state index in [1.807, 2.05) is 0 Å². The Morgan fingerprint density at radius 2 is 1.55 bits per heavy atom. The molecule has 0 heterocycles. The van der Waals surface area contributed by atoms with Crippen LogP contribution in [0.3, 0.4) is 0 Å². The summed E-state index contributed by atoms with van der Waals surface area (Å²) in [7, 11) is 0. The molecule has 1 aliphatic rings. The van der Waals surface area contributed by atoms with Crippen LogP contribution < -0.4 is 0 Å². The van der Waals surface area contributed by atoms with Gasteiger partial charge in [-0.3, -0.25) is 0 Å². The zero-order chi connectivity index (χ0) is 14.6. The molecule has 1 saturated carbocycles. The molecule has 1 aliphatic carbocycles. The molecule has 0 aromatic carbocycles. The van der Waals surface area contributed by atoms with Crippen LogP contribution in [0.5, 0.6) is 0 Å². The zero-order valence-corrected chi connectivity index (χ0v) is 12.7. The Morgan fingerprint density at radius 3 is 2.25 bits per heavy atom. The number of hydrogen-bond donors (Lipinski definition) is 0. The zero-order valence-electron chi connectivity index (χ0n) is 12.7. The van der Waals surface area contributed by atoms with Crippen molar-refractivity contribution in [2.24, 2.45) is 0 Å². The van der Waals surface area contributed by atoms with Crippen LogP contribution in [0.4, 0.5) is 0 Å². The highest BCUT2D eigenvalue weighted by Crippen LogP contribution is 2.20. The highest BCUT2D eigenvalue weighted by molar-refractivity contribution is 6.29. The van der Waals surface area contributed by atoms with Gasteiger partial charge in [-0.1, -0.05) is 45.4 Å². The van der Waals surface area contributed by atoms with Crippen molar-refractivity contribution in [2.45, 2.75) is 83.7 Å². The second-order valence-electron chi connectivity index (χ2n) is 5.57. The van der Waals surface area contributed by atoms with Crippen LogP contribution in [-0.4, -0.2) is 24.6 Å². The van der Waals surface area contributed by atoms with Gasteiger partial charge in [0.1, 0.15) is 6.10 Å². The number of esters is 2. The largest absolute Gasteiger partial charge is 0.457 e. The quantitative estimate of drug-likeness (QED) is 0.387. The maximum absolute atomic E-state index is 11.5. The van der Waals surface area contributed by atoms with Crippen molar-refractivity contribution in [1.82, 2.24) is 0 Å². The Hall–Kier alpha value is -1.06. The lowest BCUT2D eigenvalue weighted by atomic mass is 9.98. The second-order valence-corrected chi connectivity index (χ2v) is 5.57. The summed E-state index contributed by atoms with van der Waals surface area (Å²) >= 11 is 0. The van der Waals surface area contributed by atoms with E-state index in [2.05, 4.69) is 6.92 Å². The van der Waals surface area contributed by atoms with Crippen LogP contribution in [-0.2, 0) is 19.1 Å². The van der Waals surface area contributed by atoms with Crippen LogP contribution in [0, 0.1) is 0 Å². The summed E-state index contributed by atoms with van der Waals surface area (Å²) in [4.78, 5) is 23.0. The Balaban J connectivity index is 2.01. The molecule has 1 rings (SSSR count). The van der Waals surface area contributed by atoms with Gasteiger partial charge in [-0.05, 0) is 32.1 Å². The number of ether oxygens (including phenoxy) is 2. The van der Waals surface area contributed by atoms with Gasteiger partial charge in [-0.15, -0.1) is 0 Å². The van der Waals surface area contributed by atoms with Gasteiger partial charge in [0.05, 0.1) is 6.61 Å². The Kier molecular flexibility index (Phi) is 9.09. The molecule has 0 amide bonds. The van der Waals surface area contributed by atoms with Crippen LogP contribution >= 0.6 is 0 Å². The van der Waals surface area contributed by atoms with E-state index in [-0.39, 0.29) is 6.10 Å². The van der Waals surface area contributed by atoms with E-state index < -0.39 is 11.9 Å². The maximum atomic E-state index is 11.5. The molecule has 0 aliphatic heterocycles. The fourth-order valence-corrected chi connectivity index (χ4v) is 2.49. The third-order valence-corrected chi connectivity index (χ3v) is 3.72. The van der Waals surface area contributed by atoms with Gasteiger partial charge in [-0.25, -0.2) is 9.59 Å². The Bertz CT molecular complexity index is 282. The summed E-state index contributed by atoms with van der Waals surface area (Å²) in [6, 6.07) is 0. The summed E-state index contributed by atoms with van der Waals surface area (Å²) in [5.41, 5.74) is 0. The van der Waals surface area contributed by atoms with Crippen molar-refractivity contribution in [3.8, 4) is 0 Å². The van der Waals surface area contributed by atoms with E-state index in [4.69, 9.17) is 9.47 Å². The Morgan fingerprint density at radius 1 is 0.900 bits per heavy atom. The minimum Gasteiger partial charge on any atom is -0.457 e. The number of carbonyl (C=O) groups is 2. The van der Waals surface area contributed by atoms with Gasteiger partial charge in [0.15, 0.2) is 0 Å². The highest BCUT2D eigenvalue weighted by Gasteiger charge is 2.23. The lowest BCUT2D eigenvalue weighted by molar-refractivity contribution is -0.171. The first kappa shape index (κ1) is 17.0. The van der Waals surface area contributed by atoms with Gasteiger partial charge < -0.3 is 9.47 Å². The summed E-state index contributed by atoms with van der Waals surface area (Å²) in [5.74, 6) is -1.65. The van der Waals surface area contributed by atoms with Gasteiger partial charge in [-0.2, -0.15) is 0 Å². The second kappa shape index (κ2) is 10.7. The van der Waals surface area contributed by atoms with Gasteiger partial charge >= 0.3 is 11.9 Å². The number of hydrogen-bond acceptors (Lipinski definition) is 4. The molecule has 20 heavy (non-hydrogen) atoms. The molecule has 0 atom stereocenters. The van der Waals surface area contributed by atoms with Crippen LogP contribution in [0.15, 0.2) is 0 Å². The molecule has 0 radical (unpaired) electrons. The Labute approximate surface area is 122 Å². The topological polar surface area (TPSA) is 52.6 Å².